The number of furan rings is 1. The third kappa shape index (κ3) is 4.70. The van der Waals surface area contributed by atoms with Crippen LogP contribution in [-0.2, 0) is 12.8 Å². The number of rotatable bonds is 4. The Morgan fingerprint density at radius 1 is 0.557 bits per heavy atom. The monoisotopic (exact) mass is 785 g/mol. The van der Waals surface area contributed by atoms with Gasteiger partial charge in [0.15, 0.2) is 0 Å². The Morgan fingerprint density at radius 3 is 2.07 bits per heavy atom. The molecule has 0 bridgehead atoms. The molecule has 3 aliphatic carbocycles. The molecule has 5 aromatic heterocycles. The summed E-state index contributed by atoms with van der Waals surface area (Å²) in [6.45, 7) is 0. The zero-order valence-corrected chi connectivity index (χ0v) is 33.4. The number of fused-ring (bicyclic) bond motifs is 14. The smallest absolute Gasteiger partial charge is 0.216 e. The second-order valence-electron chi connectivity index (χ2n) is 17.0. The first-order valence-corrected chi connectivity index (χ1v) is 21.5. The normalized spacial score (nSPS) is 17.6. The fraction of sp³-hybridized carbons (Fsp3) is 0.109. The molecule has 0 fully saturated rings. The Balaban J connectivity index is 0.845. The van der Waals surface area contributed by atoms with Crippen molar-refractivity contribution in [2.45, 2.75) is 37.8 Å². The van der Waals surface area contributed by atoms with Crippen molar-refractivity contribution < 1.29 is 4.42 Å². The summed E-state index contributed by atoms with van der Waals surface area (Å²) < 4.78 is 16.4. The van der Waals surface area contributed by atoms with E-state index in [1.165, 1.54) is 77.1 Å². The van der Waals surface area contributed by atoms with Gasteiger partial charge in [0.05, 0.1) is 39.7 Å². The van der Waals surface area contributed by atoms with Crippen molar-refractivity contribution in [2.75, 3.05) is 0 Å². The van der Waals surface area contributed by atoms with Gasteiger partial charge in [0.2, 0.25) is 5.78 Å². The summed E-state index contributed by atoms with van der Waals surface area (Å²) in [5, 5.41) is 5.10. The lowest BCUT2D eigenvalue weighted by Crippen LogP contribution is -2.13. The molecule has 0 radical (unpaired) electrons. The van der Waals surface area contributed by atoms with Crippen molar-refractivity contribution in [2.24, 2.45) is 0 Å². The van der Waals surface area contributed by atoms with Gasteiger partial charge < -0.3 is 18.1 Å². The Kier molecular flexibility index (Phi) is 6.81. The molecule has 0 saturated carbocycles. The molecule has 2 atom stereocenters. The summed E-state index contributed by atoms with van der Waals surface area (Å²) in [4.78, 5) is 5.17. The van der Waals surface area contributed by atoms with E-state index in [0.717, 1.165) is 59.5 Å². The van der Waals surface area contributed by atoms with Crippen molar-refractivity contribution in [3.05, 3.63) is 198 Å². The molecule has 6 heteroatoms. The Labute approximate surface area is 350 Å². The van der Waals surface area contributed by atoms with Crippen molar-refractivity contribution in [1.82, 2.24) is 23.1 Å². The summed E-state index contributed by atoms with van der Waals surface area (Å²) in [5.41, 5.74) is 17.1. The van der Waals surface area contributed by atoms with Crippen LogP contribution in [0.1, 0.15) is 47.5 Å². The van der Waals surface area contributed by atoms with E-state index in [2.05, 4.69) is 194 Å². The minimum absolute atomic E-state index is 0.144. The molecule has 0 aliphatic heterocycles. The fourth-order valence-corrected chi connectivity index (χ4v) is 11.1. The number of hydrogen-bond acceptors (Lipinski definition) is 2. The number of benzene rings is 6. The van der Waals surface area contributed by atoms with Gasteiger partial charge >= 0.3 is 0 Å². The lowest BCUT2D eigenvalue weighted by Gasteiger charge is -2.24. The number of aryl methyl sites for hydroxylation is 1. The van der Waals surface area contributed by atoms with Crippen molar-refractivity contribution in [1.29, 1.82) is 0 Å². The molecule has 0 spiro atoms. The highest BCUT2D eigenvalue weighted by Crippen LogP contribution is 2.43. The topological polar surface area (TPSA) is 45.2 Å². The van der Waals surface area contributed by atoms with Gasteiger partial charge in [-0.1, -0.05) is 103 Å². The maximum Gasteiger partial charge on any atom is 0.216 e. The highest BCUT2D eigenvalue weighted by molar-refractivity contribution is 6.08. The van der Waals surface area contributed by atoms with E-state index in [9.17, 15) is 0 Å². The van der Waals surface area contributed by atoms with Crippen LogP contribution >= 0.6 is 0 Å². The van der Waals surface area contributed by atoms with Crippen molar-refractivity contribution >= 4 is 83.7 Å². The Morgan fingerprint density at radius 2 is 1.25 bits per heavy atom. The van der Waals surface area contributed by atoms with E-state index in [1.807, 2.05) is 0 Å². The molecule has 14 rings (SSSR count). The van der Waals surface area contributed by atoms with Crippen LogP contribution in [0, 0.1) is 0 Å². The van der Waals surface area contributed by atoms with Crippen LogP contribution in [0.2, 0.25) is 0 Å². The van der Waals surface area contributed by atoms with Gasteiger partial charge in [0, 0.05) is 55.9 Å². The van der Waals surface area contributed by atoms with Crippen molar-refractivity contribution in [3.63, 3.8) is 0 Å². The van der Waals surface area contributed by atoms with E-state index < -0.39 is 0 Å². The van der Waals surface area contributed by atoms with Gasteiger partial charge in [0.1, 0.15) is 11.3 Å². The summed E-state index contributed by atoms with van der Waals surface area (Å²) in [6.07, 6.45) is 17.8. The molecular formula is C55H39N5O. The molecule has 3 aliphatic rings. The number of hydrogen-bond donors (Lipinski definition) is 0. The van der Waals surface area contributed by atoms with Crippen LogP contribution in [0.3, 0.4) is 0 Å². The third-order valence-electron chi connectivity index (χ3n) is 13.8. The van der Waals surface area contributed by atoms with E-state index in [4.69, 9.17) is 9.40 Å². The van der Waals surface area contributed by atoms with Crippen LogP contribution < -0.4 is 0 Å². The van der Waals surface area contributed by atoms with E-state index >= 15 is 0 Å². The second-order valence-corrected chi connectivity index (χ2v) is 17.0. The number of aromatic nitrogens is 5. The minimum Gasteiger partial charge on any atom is -0.460 e. The molecule has 2 unspecified atom stereocenters. The first-order chi connectivity index (χ1) is 30.2. The predicted molar refractivity (Wildman–Crippen MR) is 250 cm³/mol. The molecule has 11 aromatic rings. The molecule has 6 nitrogen and oxygen atoms in total. The highest BCUT2D eigenvalue weighted by atomic mass is 16.3. The average molecular weight is 786 g/mol. The first kappa shape index (κ1) is 33.3. The quantitative estimate of drug-likeness (QED) is 0.178. The standard InChI is InChI=1S/C55H39N5O/c1-5-18-46-39(14-1)40-15-2-6-19-47(40)57(46)37-25-27-49-42(32-37)41-16-3-7-20-48(41)58(49)38-26-29-54-44(33-38)43-31-35(24-28-53(43)61-54)34-12-11-13-36(30-34)59-51-22-9-10-23-52(51)60-50-21-8-4-17-45(50)56-55(59)60/h1-23,25-27,29,31,33,36-37H,24,28,30,32H2. The van der Waals surface area contributed by atoms with Gasteiger partial charge in [-0.15, -0.1) is 0 Å². The fourth-order valence-electron chi connectivity index (χ4n) is 11.1. The molecular weight excluding hydrogens is 747 g/mol. The van der Waals surface area contributed by atoms with Crippen LogP contribution in [-0.4, -0.2) is 23.1 Å². The molecule has 0 amide bonds. The van der Waals surface area contributed by atoms with Gasteiger partial charge in [-0.25, -0.2) is 4.98 Å². The molecule has 5 heterocycles. The van der Waals surface area contributed by atoms with Crippen LogP contribution in [0.5, 0.6) is 0 Å². The molecule has 0 saturated heterocycles. The number of para-hydroxylation sites is 7. The summed E-state index contributed by atoms with van der Waals surface area (Å²) in [5.74, 6) is 2.07. The zero-order chi connectivity index (χ0) is 39.8. The van der Waals surface area contributed by atoms with Gasteiger partial charge in [-0.2, -0.15) is 0 Å². The SMILES string of the molecule is C1=CC(n2c3ccccc3n3c4ccccc4nc23)CC(C2=Cc3c(oc4ccc(-n5c6c(c7ccccc75)CC(n5c7ccccc7c7ccccc75)C=C6)cc34)CC2)=C1. The molecule has 0 N–H and O–H groups in total. The van der Waals surface area contributed by atoms with E-state index in [0.29, 0.717) is 0 Å². The lowest BCUT2D eigenvalue weighted by molar-refractivity contribution is 0.542. The summed E-state index contributed by atoms with van der Waals surface area (Å²) in [7, 11) is 0. The van der Waals surface area contributed by atoms with E-state index in [-0.39, 0.29) is 12.1 Å². The average Bonchev–Trinajstić information content (AvgIpc) is 4.12. The summed E-state index contributed by atoms with van der Waals surface area (Å²) in [6, 6.07) is 50.9. The zero-order valence-electron chi connectivity index (χ0n) is 33.4. The van der Waals surface area contributed by atoms with Crippen LogP contribution in [0.15, 0.2) is 179 Å². The Hall–Kier alpha value is -7.57. The van der Waals surface area contributed by atoms with E-state index in [1.54, 1.807) is 0 Å². The largest absolute Gasteiger partial charge is 0.460 e. The summed E-state index contributed by atoms with van der Waals surface area (Å²) >= 11 is 0. The van der Waals surface area contributed by atoms with Gasteiger partial charge in [-0.05, 0) is 109 Å². The second kappa shape index (κ2) is 12.5. The van der Waals surface area contributed by atoms with Gasteiger partial charge in [-0.3, -0.25) is 4.40 Å². The van der Waals surface area contributed by atoms with Crippen LogP contribution in [0.4, 0.5) is 0 Å². The molecule has 290 valence electrons. The minimum atomic E-state index is 0.144. The van der Waals surface area contributed by atoms with Crippen LogP contribution in [0.25, 0.3) is 89.4 Å². The molecule has 6 aromatic carbocycles. The third-order valence-corrected chi connectivity index (χ3v) is 13.8. The predicted octanol–water partition coefficient (Wildman–Crippen LogP) is 13.5. The maximum absolute atomic E-state index is 6.61. The number of imidazole rings is 2. The number of nitrogens with zero attached hydrogens (tertiary/aromatic N) is 5. The van der Waals surface area contributed by atoms with Crippen molar-refractivity contribution in [3.8, 4) is 5.69 Å². The Bertz CT molecular complexity index is 3740. The maximum atomic E-state index is 6.61. The number of allylic oxidation sites excluding steroid dienone is 6. The first-order valence-electron chi connectivity index (χ1n) is 21.5. The van der Waals surface area contributed by atoms with Gasteiger partial charge in [0.25, 0.3) is 0 Å². The molecule has 61 heavy (non-hydrogen) atoms. The highest BCUT2D eigenvalue weighted by Gasteiger charge is 2.28. The lowest BCUT2D eigenvalue weighted by atomic mass is 9.86.